The molecule has 0 aliphatic rings. The molecule has 0 atom stereocenters. The Morgan fingerprint density at radius 2 is 1.26 bits per heavy atom. The van der Waals surface area contributed by atoms with E-state index in [0.29, 0.717) is 0 Å². The van der Waals surface area contributed by atoms with Crippen molar-refractivity contribution in [1.82, 2.24) is 5.32 Å². The van der Waals surface area contributed by atoms with Crippen LogP contribution in [0.2, 0.25) is 0 Å². The van der Waals surface area contributed by atoms with Crippen molar-refractivity contribution in [3.05, 3.63) is 35.4 Å². The Kier molecular flexibility index (Phi) is 11.3. The van der Waals surface area contributed by atoms with Crippen LogP contribution < -0.4 is 5.32 Å². The van der Waals surface area contributed by atoms with E-state index in [1.165, 1.54) is 69.8 Å². The summed E-state index contributed by atoms with van der Waals surface area (Å²) >= 11 is 0. The number of hydrogen-bond donors (Lipinski definition) is 1. The van der Waals surface area contributed by atoms with Gasteiger partial charge in [0.1, 0.15) is 0 Å². The molecule has 2 nitrogen and oxygen atoms in total. The molecule has 0 aromatic heterocycles. The molecule has 0 spiro atoms. The molecule has 1 aromatic rings. The van der Waals surface area contributed by atoms with Gasteiger partial charge in [0.25, 0.3) is 5.91 Å². The molecule has 0 aliphatic heterocycles. The zero-order valence-corrected chi connectivity index (χ0v) is 15.2. The first-order valence-corrected chi connectivity index (χ1v) is 9.59. The van der Waals surface area contributed by atoms with Gasteiger partial charge >= 0.3 is 0 Å². The topological polar surface area (TPSA) is 29.1 Å². The SMILES string of the molecule is CCCCCCCCCCCCCNC(=O)c1ccc(C)cc1. The summed E-state index contributed by atoms with van der Waals surface area (Å²) in [7, 11) is 0. The first-order chi connectivity index (χ1) is 11.2. The second kappa shape index (κ2) is 13.2. The summed E-state index contributed by atoms with van der Waals surface area (Å²) in [6.07, 6.45) is 14.7. The molecule has 0 fully saturated rings. The average molecular weight is 318 g/mol. The predicted molar refractivity (Wildman–Crippen MR) is 100.0 cm³/mol. The first-order valence-electron chi connectivity index (χ1n) is 9.59. The highest BCUT2D eigenvalue weighted by atomic mass is 16.1. The van der Waals surface area contributed by atoms with Crippen LogP contribution in [0.25, 0.3) is 0 Å². The van der Waals surface area contributed by atoms with Gasteiger partial charge < -0.3 is 5.32 Å². The van der Waals surface area contributed by atoms with Crippen LogP contribution in [-0.2, 0) is 0 Å². The van der Waals surface area contributed by atoms with E-state index < -0.39 is 0 Å². The summed E-state index contributed by atoms with van der Waals surface area (Å²) in [6.45, 7) is 5.10. The highest BCUT2D eigenvalue weighted by molar-refractivity contribution is 5.94. The molecule has 0 unspecified atom stereocenters. The molecular formula is C21H35NO. The fraction of sp³-hybridized carbons (Fsp3) is 0.667. The Hall–Kier alpha value is -1.31. The van der Waals surface area contributed by atoms with Crippen LogP contribution in [0.15, 0.2) is 24.3 Å². The van der Waals surface area contributed by atoms with E-state index in [1.54, 1.807) is 0 Å². The van der Waals surface area contributed by atoms with E-state index in [4.69, 9.17) is 0 Å². The van der Waals surface area contributed by atoms with E-state index in [2.05, 4.69) is 12.2 Å². The van der Waals surface area contributed by atoms with Crippen LogP contribution in [0.1, 0.15) is 93.5 Å². The summed E-state index contributed by atoms with van der Waals surface area (Å²) in [4.78, 5) is 11.9. The molecule has 2 heteroatoms. The van der Waals surface area contributed by atoms with E-state index in [1.807, 2.05) is 31.2 Å². The van der Waals surface area contributed by atoms with Crippen molar-refractivity contribution in [2.75, 3.05) is 6.54 Å². The lowest BCUT2D eigenvalue weighted by Crippen LogP contribution is -2.24. The highest BCUT2D eigenvalue weighted by Crippen LogP contribution is 2.11. The molecule has 0 heterocycles. The van der Waals surface area contributed by atoms with Crippen LogP contribution >= 0.6 is 0 Å². The lowest BCUT2D eigenvalue weighted by molar-refractivity contribution is 0.0953. The zero-order valence-electron chi connectivity index (χ0n) is 15.2. The van der Waals surface area contributed by atoms with Gasteiger partial charge in [-0.2, -0.15) is 0 Å². The van der Waals surface area contributed by atoms with Crippen molar-refractivity contribution in [2.24, 2.45) is 0 Å². The van der Waals surface area contributed by atoms with Crippen molar-refractivity contribution in [2.45, 2.75) is 84.5 Å². The van der Waals surface area contributed by atoms with Crippen molar-refractivity contribution < 1.29 is 4.79 Å². The second-order valence-electron chi connectivity index (χ2n) is 6.66. The standard InChI is InChI=1S/C21H35NO/c1-3-4-5-6-7-8-9-10-11-12-13-18-22-21(23)20-16-14-19(2)15-17-20/h14-17H,3-13,18H2,1-2H3,(H,22,23). The average Bonchev–Trinajstić information content (AvgIpc) is 2.56. The molecule has 23 heavy (non-hydrogen) atoms. The van der Waals surface area contributed by atoms with Crippen molar-refractivity contribution in [3.63, 3.8) is 0 Å². The molecule has 0 saturated heterocycles. The predicted octanol–water partition coefficient (Wildman–Crippen LogP) is 6.04. The monoisotopic (exact) mass is 317 g/mol. The minimum atomic E-state index is 0.0529. The molecule has 1 N–H and O–H groups in total. The smallest absolute Gasteiger partial charge is 0.251 e. The number of carbonyl (C=O) groups excluding carboxylic acids is 1. The first kappa shape index (κ1) is 19.7. The minimum absolute atomic E-state index is 0.0529. The van der Waals surface area contributed by atoms with Crippen molar-refractivity contribution in [3.8, 4) is 0 Å². The lowest BCUT2D eigenvalue weighted by atomic mass is 10.1. The van der Waals surface area contributed by atoms with Crippen LogP contribution in [0.3, 0.4) is 0 Å². The van der Waals surface area contributed by atoms with Gasteiger partial charge in [-0.05, 0) is 25.5 Å². The Morgan fingerprint density at radius 1 is 0.783 bits per heavy atom. The fourth-order valence-electron chi connectivity index (χ4n) is 2.80. The Bertz CT molecular complexity index is 410. The second-order valence-corrected chi connectivity index (χ2v) is 6.66. The van der Waals surface area contributed by atoms with Crippen molar-refractivity contribution in [1.29, 1.82) is 0 Å². The summed E-state index contributed by atoms with van der Waals surface area (Å²) in [6, 6.07) is 7.75. The third kappa shape index (κ3) is 10.1. The van der Waals surface area contributed by atoms with Gasteiger partial charge in [-0.15, -0.1) is 0 Å². The summed E-state index contributed by atoms with van der Waals surface area (Å²) < 4.78 is 0. The van der Waals surface area contributed by atoms with Gasteiger partial charge in [-0.25, -0.2) is 0 Å². The maximum Gasteiger partial charge on any atom is 0.251 e. The molecule has 1 amide bonds. The van der Waals surface area contributed by atoms with Crippen LogP contribution in [0.5, 0.6) is 0 Å². The largest absolute Gasteiger partial charge is 0.352 e. The van der Waals surface area contributed by atoms with E-state index in [9.17, 15) is 4.79 Å². The maximum absolute atomic E-state index is 11.9. The molecular weight excluding hydrogens is 282 g/mol. The van der Waals surface area contributed by atoms with Gasteiger partial charge in [0, 0.05) is 12.1 Å². The third-order valence-corrected chi connectivity index (χ3v) is 4.38. The molecule has 1 aromatic carbocycles. The number of nitrogens with one attached hydrogen (secondary N) is 1. The number of hydrogen-bond acceptors (Lipinski definition) is 1. The van der Waals surface area contributed by atoms with E-state index >= 15 is 0 Å². The summed E-state index contributed by atoms with van der Waals surface area (Å²) in [5.41, 5.74) is 1.95. The number of unbranched alkanes of at least 4 members (excludes halogenated alkanes) is 10. The lowest BCUT2D eigenvalue weighted by Gasteiger charge is -2.06. The Balaban J connectivity index is 1.89. The van der Waals surface area contributed by atoms with Gasteiger partial charge in [0.2, 0.25) is 0 Å². The molecule has 0 radical (unpaired) electrons. The summed E-state index contributed by atoms with van der Waals surface area (Å²) in [5, 5.41) is 3.01. The Morgan fingerprint density at radius 3 is 1.78 bits per heavy atom. The number of benzene rings is 1. The molecule has 130 valence electrons. The maximum atomic E-state index is 11.9. The number of amides is 1. The normalized spacial score (nSPS) is 10.7. The number of aryl methyl sites for hydroxylation is 1. The van der Waals surface area contributed by atoms with Gasteiger partial charge in [-0.1, -0.05) is 88.8 Å². The van der Waals surface area contributed by atoms with Crippen molar-refractivity contribution >= 4 is 5.91 Å². The molecule has 0 aliphatic carbocycles. The fourth-order valence-corrected chi connectivity index (χ4v) is 2.80. The molecule has 0 bridgehead atoms. The zero-order chi connectivity index (χ0) is 16.8. The van der Waals surface area contributed by atoms with E-state index in [0.717, 1.165) is 18.5 Å². The van der Waals surface area contributed by atoms with Crippen LogP contribution in [0.4, 0.5) is 0 Å². The summed E-state index contributed by atoms with van der Waals surface area (Å²) in [5.74, 6) is 0.0529. The van der Waals surface area contributed by atoms with Gasteiger partial charge in [0.15, 0.2) is 0 Å². The van der Waals surface area contributed by atoms with E-state index in [-0.39, 0.29) is 5.91 Å². The number of rotatable bonds is 13. The van der Waals surface area contributed by atoms with Crippen LogP contribution in [0, 0.1) is 6.92 Å². The molecule has 1 rings (SSSR count). The quantitative estimate of drug-likeness (QED) is 0.442. The highest BCUT2D eigenvalue weighted by Gasteiger charge is 2.03. The molecule has 0 saturated carbocycles. The Labute approximate surface area is 143 Å². The number of carbonyl (C=O) groups is 1. The minimum Gasteiger partial charge on any atom is -0.352 e. The van der Waals surface area contributed by atoms with Gasteiger partial charge in [0.05, 0.1) is 0 Å². The van der Waals surface area contributed by atoms with Crippen LogP contribution in [-0.4, -0.2) is 12.5 Å². The van der Waals surface area contributed by atoms with Gasteiger partial charge in [-0.3, -0.25) is 4.79 Å². The third-order valence-electron chi connectivity index (χ3n) is 4.38.